The number of hydrogen-bond acceptors (Lipinski definition) is 5. The summed E-state index contributed by atoms with van der Waals surface area (Å²) in [5.41, 5.74) is 6.98. The molecule has 2 atom stereocenters. The van der Waals surface area contributed by atoms with Gasteiger partial charge in [-0.2, -0.15) is 0 Å². The van der Waals surface area contributed by atoms with Crippen molar-refractivity contribution in [1.29, 1.82) is 0 Å². The number of fused-ring (bicyclic) bond motifs is 1. The van der Waals surface area contributed by atoms with Crippen molar-refractivity contribution in [3.8, 4) is 0 Å². The predicted octanol–water partition coefficient (Wildman–Crippen LogP) is 3.74. The Bertz CT molecular complexity index is 1300. The van der Waals surface area contributed by atoms with Crippen LogP contribution in [-0.2, 0) is 32.0 Å². The number of H-pyrrole nitrogens is 1. The summed E-state index contributed by atoms with van der Waals surface area (Å²) in [7, 11) is 0. The van der Waals surface area contributed by atoms with E-state index in [0.29, 0.717) is 25.8 Å². The zero-order chi connectivity index (χ0) is 28.0. The Morgan fingerprint density at radius 3 is 2.54 bits per heavy atom. The fraction of sp³-hybridized carbons (Fsp3) is 0.452. The molecular formula is C31H40N4O4. The molecule has 0 aliphatic carbocycles. The van der Waals surface area contributed by atoms with E-state index in [1.807, 2.05) is 60.8 Å². The fourth-order valence-electron chi connectivity index (χ4n) is 5.42. The van der Waals surface area contributed by atoms with Gasteiger partial charge in [0.05, 0.1) is 17.6 Å². The molecule has 208 valence electrons. The number of nitrogens with zero attached hydrogens (tertiary/aromatic N) is 1. The van der Waals surface area contributed by atoms with Crippen LogP contribution in [-0.4, -0.2) is 58.9 Å². The Labute approximate surface area is 230 Å². The van der Waals surface area contributed by atoms with Crippen LogP contribution in [0.2, 0.25) is 0 Å². The van der Waals surface area contributed by atoms with Crippen LogP contribution in [0, 0.1) is 5.41 Å². The number of likely N-dealkylation sites (tertiary alicyclic amines) is 1. The van der Waals surface area contributed by atoms with Gasteiger partial charge in [-0.25, -0.2) is 0 Å². The van der Waals surface area contributed by atoms with Crippen LogP contribution < -0.4 is 11.1 Å². The van der Waals surface area contributed by atoms with Crippen LogP contribution in [0.3, 0.4) is 0 Å². The van der Waals surface area contributed by atoms with Gasteiger partial charge in [0, 0.05) is 36.6 Å². The van der Waals surface area contributed by atoms with Gasteiger partial charge < -0.3 is 25.7 Å². The molecule has 0 bridgehead atoms. The van der Waals surface area contributed by atoms with Gasteiger partial charge >= 0.3 is 5.97 Å². The SMILES string of the molecule is CCOC(=O)C1(Cc2ccccc2)CCCCN(C(=O)[C@@H](Cc2c[nH]c3ccccc23)NC(=O)C(C)(C)N)C1. The molecule has 1 saturated heterocycles. The number of esters is 1. The number of amides is 2. The average Bonchev–Trinajstić information content (AvgIpc) is 3.19. The molecule has 4 rings (SSSR count). The highest BCUT2D eigenvalue weighted by molar-refractivity contribution is 5.93. The quantitative estimate of drug-likeness (QED) is 0.363. The highest BCUT2D eigenvalue weighted by Gasteiger charge is 2.44. The Morgan fingerprint density at radius 2 is 1.82 bits per heavy atom. The number of nitrogens with one attached hydrogen (secondary N) is 2. The van der Waals surface area contributed by atoms with E-state index in [2.05, 4.69) is 10.3 Å². The van der Waals surface area contributed by atoms with E-state index >= 15 is 0 Å². The summed E-state index contributed by atoms with van der Waals surface area (Å²) in [6.07, 6.45) is 4.84. The maximum absolute atomic E-state index is 14.2. The van der Waals surface area contributed by atoms with Crippen molar-refractivity contribution in [2.75, 3.05) is 19.7 Å². The van der Waals surface area contributed by atoms with Gasteiger partial charge in [0.2, 0.25) is 11.8 Å². The maximum atomic E-state index is 14.2. The van der Waals surface area contributed by atoms with Crippen LogP contribution in [0.1, 0.15) is 51.2 Å². The number of benzene rings is 2. The maximum Gasteiger partial charge on any atom is 0.314 e. The molecule has 8 heteroatoms. The molecule has 2 heterocycles. The number of carbonyl (C=O) groups excluding carboxylic acids is 3. The second kappa shape index (κ2) is 12.0. The average molecular weight is 533 g/mol. The van der Waals surface area contributed by atoms with Crippen LogP contribution in [0.15, 0.2) is 60.8 Å². The fourth-order valence-corrected chi connectivity index (χ4v) is 5.42. The van der Waals surface area contributed by atoms with E-state index in [4.69, 9.17) is 10.5 Å². The predicted molar refractivity (Wildman–Crippen MR) is 152 cm³/mol. The third kappa shape index (κ3) is 6.68. The highest BCUT2D eigenvalue weighted by atomic mass is 16.5. The third-order valence-electron chi connectivity index (χ3n) is 7.52. The number of aromatic nitrogens is 1. The molecule has 0 radical (unpaired) electrons. The number of rotatable bonds is 9. The Morgan fingerprint density at radius 1 is 1.10 bits per heavy atom. The minimum atomic E-state index is -1.15. The van der Waals surface area contributed by atoms with Crippen molar-refractivity contribution < 1.29 is 19.1 Å². The first-order valence-corrected chi connectivity index (χ1v) is 13.8. The van der Waals surface area contributed by atoms with Gasteiger partial charge in [0.25, 0.3) is 0 Å². The van der Waals surface area contributed by atoms with E-state index in [9.17, 15) is 14.4 Å². The van der Waals surface area contributed by atoms with Gasteiger partial charge in [-0.15, -0.1) is 0 Å². The van der Waals surface area contributed by atoms with Crippen LogP contribution >= 0.6 is 0 Å². The van der Waals surface area contributed by atoms with Crippen LogP contribution in [0.4, 0.5) is 0 Å². The molecule has 2 aromatic carbocycles. The second-order valence-electron chi connectivity index (χ2n) is 11.2. The summed E-state index contributed by atoms with van der Waals surface area (Å²) >= 11 is 0. The smallest absolute Gasteiger partial charge is 0.314 e. The van der Waals surface area contributed by atoms with E-state index in [1.54, 1.807) is 25.7 Å². The molecule has 0 spiro atoms. The van der Waals surface area contributed by atoms with Crippen molar-refractivity contribution in [2.45, 2.75) is 64.5 Å². The molecule has 0 saturated carbocycles. The molecule has 8 nitrogen and oxygen atoms in total. The largest absolute Gasteiger partial charge is 0.466 e. The summed E-state index contributed by atoms with van der Waals surface area (Å²) < 4.78 is 5.58. The van der Waals surface area contributed by atoms with Crippen molar-refractivity contribution in [2.24, 2.45) is 11.1 Å². The monoisotopic (exact) mass is 532 g/mol. The zero-order valence-electron chi connectivity index (χ0n) is 23.2. The summed E-state index contributed by atoms with van der Waals surface area (Å²) in [6, 6.07) is 16.9. The summed E-state index contributed by atoms with van der Waals surface area (Å²) in [5, 5.41) is 3.92. The standard InChI is InChI=1S/C31H40N4O4/c1-4-39-29(38)31(19-22-12-6-5-7-13-22)16-10-11-17-35(21-31)27(36)26(34-28(37)30(2,3)32)18-23-20-33-25-15-9-8-14-24(23)25/h5-9,12-15,20,26,33H,4,10-11,16-19,21,32H2,1-3H3,(H,34,37)/t26-,31?/m1/s1. The number of ether oxygens (including phenoxy) is 1. The van der Waals surface area contributed by atoms with Gasteiger partial charge in [0.1, 0.15) is 6.04 Å². The van der Waals surface area contributed by atoms with E-state index in [-0.39, 0.29) is 25.0 Å². The minimum absolute atomic E-state index is 0.221. The molecule has 2 amide bonds. The number of carbonyl (C=O) groups is 3. The number of hydrogen-bond donors (Lipinski definition) is 3. The van der Waals surface area contributed by atoms with Crippen LogP contribution in [0.5, 0.6) is 0 Å². The lowest BCUT2D eigenvalue weighted by Gasteiger charge is -2.36. The summed E-state index contributed by atoms with van der Waals surface area (Å²) in [6.45, 7) is 6.04. The molecule has 1 aliphatic rings. The number of para-hydroxylation sites is 1. The van der Waals surface area contributed by atoms with Crippen molar-refractivity contribution in [1.82, 2.24) is 15.2 Å². The first-order chi connectivity index (χ1) is 18.6. The third-order valence-corrected chi connectivity index (χ3v) is 7.52. The Hall–Kier alpha value is -3.65. The molecule has 39 heavy (non-hydrogen) atoms. The van der Waals surface area contributed by atoms with Gasteiger partial charge in [-0.3, -0.25) is 14.4 Å². The van der Waals surface area contributed by atoms with Crippen LogP contribution in [0.25, 0.3) is 10.9 Å². The van der Waals surface area contributed by atoms with Gasteiger partial charge in [-0.05, 0) is 57.2 Å². The van der Waals surface area contributed by atoms with Gasteiger partial charge in [-0.1, -0.05) is 55.0 Å². The normalized spacial score (nSPS) is 18.8. The highest BCUT2D eigenvalue weighted by Crippen LogP contribution is 2.35. The van der Waals surface area contributed by atoms with Gasteiger partial charge in [0.15, 0.2) is 0 Å². The first-order valence-electron chi connectivity index (χ1n) is 13.8. The van der Waals surface area contributed by atoms with E-state index < -0.39 is 22.9 Å². The Kier molecular flexibility index (Phi) is 8.75. The lowest BCUT2D eigenvalue weighted by molar-refractivity contribution is -0.158. The summed E-state index contributed by atoms with van der Waals surface area (Å²) in [5.74, 6) is -0.910. The zero-order valence-corrected chi connectivity index (χ0v) is 23.2. The molecule has 3 aromatic rings. The molecular weight excluding hydrogens is 492 g/mol. The lowest BCUT2D eigenvalue weighted by Crippen LogP contribution is -2.58. The number of nitrogens with two attached hydrogens (primary N) is 1. The molecule has 1 aliphatic heterocycles. The minimum Gasteiger partial charge on any atom is -0.466 e. The van der Waals surface area contributed by atoms with E-state index in [1.165, 1.54) is 0 Å². The Balaban J connectivity index is 1.66. The topological polar surface area (TPSA) is 118 Å². The molecule has 4 N–H and O–H groups in total. The van der Waals surface area contributed by atoms with Crippen molar-refractivity contribution >= 4 is 28.7 Å². The molecule has 1 aromatic heterocycles. The molecule has 1 unspecified atom stereocenters. The first kappa shape index (κ1) is 28.4. The number of aromatic amines is 1. The lowest BCUT2D eigenvalue weighted by atomic mass is 9.77. The van der Waals surface area contributed by atoms with E-state index in [0.717, 1.165) is 34.9 Å². The summed E-state index contributed by atoms with van der Waals surface area (Å²) in [4.78, 5) is 45.7. The molecule has 1 fully saturated rings. The van der Waals surface area contributed by atoms with Crippen molar-refractivity contribution in [3.63, 3.8) is 0 Å². The second-order valence-corrected chi connectivity index (χ2v) is 11.2. The van der Waals surface area contributed by atoms with Crippen molar-refractivity contribution in [3.05, 3.63) is 71.9 Å².